The Hall–Kier alpha value is -3.32. The fourth-order valence-electron chi connectivity index (χ4n) is 2.57. The van der Waals surface area contributed by atoms with E-state index in [9.17, 15) is 9.59 Å². The molecule has 0 unspecified atom stereocenters. The van der Waals surface area contributed by atoms with Gasteiger partial charge in [0.1, 0.15) is 12.4 Å². The topological polar surface area (TPSA) is 85.2 Å². The number of halogens is 1. The van der Waals surface area contributed by atoms with E-state index in [1.54, 1.807) is 59.4 Å². The molecule has 7 nitrogen and oxygen atoms in total. The smallest absolute Gasteiger partial charge is 0.269 e. The lowest BCUT2D eigenvalue weighted by atomic mass is 10.1. The van der Waals surface area contributed by atoms with Gasteiger partial charge in [0.15, 0.2) is 0 Å². The zero-order valence-corrected chi connectivity index (χ0v) is 16.6. The molecule has 0 spiro atoms. The maximum Gasteiger partial charge on any atom is 0.269 e. The van der Waals surface area contributed by atoms with Crippen molar-refractivity contribution in [3.05, 3.63) is 82.6 Å². The Bertz CT molecular complexity index is 968. The SMILES string of the molecule is Cn1cc(CCC(=O)NNC(=O)c2ccc(COc3ccc(Cl)cc3)cc2)cn1. The number of carbonyl (C=O) groups is 2. The van der Waals surface area contributed by atoms with E-state index in [2.05, 4.69) is 16.0 Å². The highest BCUT2D eigenvalue weighted by Crippen LogP contribution is 2.17. The van der Waals surface area contributed by atoms with Gasteiger partial charge in [-0.15, -0.1) is 0 Å². The number of amides is 2. The lowest BCUT2D eigenvalue weighted by Crippen LogP contribution is -2.41. The molecule has 1 aromatic heterocycles. The molecule has 2 amide bonds. The number of nitrogens with one attached hydrogen (secondary N) is 2. The molecule has 0 atom stereocenters. The van der Waals surface area contributed by atoms with E-state index in [-0.39, 0.29) is 18.2 Å². The quantitative estimate of drug-likeness (QED) is 0.584. The average Bonchev–Trinajstić information content (AvgIpc) is 3.15. The first-order valence-electron chi connectivity index (χ1n) is 9.03. The van der Waals surface area contributed by atoms with Crippen LogP contribution in [0, 0.1) is 0 Å². The van der Waals surface area contributed by atoms with Gasteiger partial charge in [-0.05, 0) is 53.9 Å². The molecule has 2 N–H and O–H groups in total. The molecular weight excluding hydrogens is 392 g/mol. The lowest BCUT2D eigenvalue weighted by Gasteiger charge is -2.09. The van der Waals surface area contributed by atoms with E-state index < -0.39 is 0 Å². The Labute approximate surface area is 173 Å². The number of hydrogen-bond donors (Lipinski definition) is 2. The molecular formula is C21H21ClN4O3. The van der Waals surface area contributed by atoms with Gasteiger partial charge >= 0.3 is 0 Å². The number of ether oxygens (including phenoxy) is 1. The van der Waals surface area contributed by atoms with Crippen LogP contribution in [0.15, 0.2) is 60.9 Å². The third-order valence-electron chi connectivity index (χ3n) is 4.15. The molecule has 0 saturated carbocycles. The van der Waals surface area contributed by atoms with E-state index in [0.29, 0.717) is 29.4 Å². The molecule has 2 aromatic carbocycles. The Morgan fingerprint density at radius 1 is 1.03 bits per heavy atom. The number of rotatable bonds is 7. The van der Waals surface area contributed by atoms with Crippen molar-refractivity contribution in [1.29, 1.82) is 0 Å². The van der Waals surface area contributed by atoms with Crippen LogP contribution in [0.2, 0.25) is 5.02 Å². The van der Waals surface area contributed by atoms with Crippen LogP contribution in [0.3, 0.4) is 0 Å². The minimum absolute atomic E-state index is 0.257. The highest BCUT2D eigenvalue weighted by molar-refractivity contribution is 6.30. The minimum Gasteiger partial charge on any atom is -0.489 e. The lowest BCUT2D eigenvalue weighted by molar-refractivity contribution is -0.121. The van der Waals surface area contributed by atoms with Gasteiger partial charge < -0.3 is 4.74 Å². The monoisotopic (exact) mass is 412 g/mol. The zero-order chi connectivity index (χ0) is 20.6. The van der Waals surface area contributed by atoms with E-state index in [1.807, 2.05) is 13.2 Å². The molecule has 0 bridgehead atoms. The summed E-state index contributed by atoms with van der Waals surface area (Å²) in [6.45, 7) is 0.370. The van der Waals surface area contributed by atoms with Gasteiger partial charge in [-0.3, -0.25) is 25.1 Å². The van der Waals surface area contributed by atoms with Crippen molar-refractivity contribution in [2.45, 2.75) is 19.4 Å². The standard InChI is InChI=1S/C21H21ClN4O3/c1-26-13-16(12-23-26)4-11-20(27)24-25-21(28)17-5-2-15(3-6-17)14-29-19-9-7-18(22)8-10-19/h2-3,5-10,12-13H,4,11,14H2,1H3,(H,24,27)(H,25,28). The second-order valence-electron chi connectivity index (χ2n) is 6.46. The molecule has 0 fully saturated rings. The van der Waals surface area contributed by atoms with Gasteiger partial charge in [-0.1, -0.05) is 23.7 Å². The second kappa shape index (κ2) is 9.75. The summed E-state index contributed by atoms with van der Waals surface area (Å²) in [5.41, 5.74) is 7.16. The summed E-state index contributed by atoms with van der Waals surface area (Å²) in [6, 6.07) is 14.1. The van der Waals surface area contributed by atoms with Crippen molar-refractivity contribution in [3.63, 3.8) is 0 Å². The summed E-state index contributed by atoms with van der Waals surface area (Å²) in [5, 5.41) is 4.70. The van der Waals surface area contributed by atoms with Gasteiger partial charge in [0.2, 0.25) is 5.91 Å². The van der Waals surface area contributed by atoms with Crippen molar-refractivity contribution < 1.29 is 14.3 Å². The van der Waals surface area contributed by atoms with Crippen molar-refractivity contribution in [2.24, 2.45) is 7.05 Å². The minimum atomic E-state index is -0.384. The first-order valence-corrected chi connectivity index (χ1v) is 9.41. The highest BCUT2D eigenvalue weighted by Gasteiger charge is 2.08. The van der Waals surface area contributed by atoms with E-state index in [0.717, 1.165) is 11.1 Å². The molecule has 1 heterocycles. The number of hydrazine groups is 1. The Morgan fingerprint density at radius 3 is 2.41 bits per heavy atom. The van der Waals surface area contributed by atoms with Crippen LogP contribution in [-0.4, -0.2) is 21.6 Å². The number of hydrogen-bond acceptors (Lipinski definition) is 4. The van der Waals surface area contributed by atoms with Gasteiger partial charge in [-0.25, -0.2) is 0 Å². The molecule has 0 aliphatic heterocycles. The molecule has 0 aliphatic rings. The maximum absolute atomic E-state index is 12.2. The predicted molar refractivity (Wildman–Crippen MR) is 109 cm³/mol. The number of aromatic nitrogens is 2. The highest BCUT2D eigenvalue weighted by atomic mass is 35.5. The summed E-state index contributed by atoms with van der Waals surface area (Å²) in [7, 11) is 1.82. The largest absolute Gasteiger partial charge is 0.489 e. The van der Waals surface area contributed by atoms with Crippen molar-refractivity contribution >= 4 is 23.4 Å². The van der Waals surface area contributed by atoms with Crippen LogP contribution in [-0.2, 0) is 24.9 Å². The van der Waals surface area contributed by atoms with Crippen LogP contribution in [0.25, 0.3) is 0 Å². The third-order valence-corrected chi connectivity index (χ3v) is 4.40. The second-order valence-corrected chi connectivity index (χ2v) is 6.90. The molecule has 0 radical (unpaired) electrons. The predicted octanol–water partition coefficient (Wildman–Crippen LogP) is 3.05. The van der Waals surface area contributed by atoms with Crippen LogP contribution in [0.1, 0.15) is 27.9 Å². The van der Waals surface area contributed by atoms with Crippen LogP contribution >= 0.6 is 11.6 Å². The summed E-state index contributed by atoms with van der Waals surface area (Å²) in [5.74, 6) is 0.0605. The fourth-order valence-corrected chi connectivity index (χ4v) is 2.70. The number of aryl methyl sites for hydroxylation is 2. The zero-order valence-electron chi connectivity index (χ0n) is 15.9. The first-order chi connectivity index (χ1) is 14.0. The van der Waals surface area contributed by atoms with Crippen LogP contribution < -0.4 is 15.6 Å². The van der Waals surface area contributed by atoms with E-state index >= 15 is 0 Å². The van der Waals surface area contributed by atoms with Crippen molar-refractivity contribution in [3.8, 4) is 5.75 Å². The summed E-state index contributed by atoms with van der Waals surface area (Å²) >= 11 is 5.84. The molecule has 3 rings (SSSR count). The van der Waals surface area contributed by atoms with Crippen LogP contribution in [0.4, 0.5) is 0 Å². The summed E-state index contributed by atoms with van der Waals surface area (Å²) in [6.07, 6.45) is 4.37. The number of benzene rings is 2. The summed E-state index contributed by atoms with van der Waals surface area (Å²) in [4.78, 5) is 24.0. The fraction of sp³-hybridized carbons (Fsp3) is 0.190. The van der Waals surface area contributed by atoms with E-state index in [1.165, 1.54) is 0 Å². The molecule has 0 saturated heterocycles. The molecule has 8 heteroatoms. The summed E-state index contributed by atoms with van der Waals surface area (Å²) < 4.78 is 7.35. The Kier molecular flexibility index (Phi) is 6.86. The van der Waals surface area contributed by atoms with Crippen molar-refractivity contribution in [2.75, 3.05) is 0 Å². The molecule has 3 aromatic rings. The third kappa shape index (κ3) is 6.36. The first kappa shape index (κ1) is 20.4. The molecule has 29 heavy (non-hydrogen) atoms. The van der Waals surface area contributed by atoms with Crippen LogP contribution in [0.5, 0.6) is 5.75 Å². The van der Waals surface area contributed by atoms with Gasteiger partial charge in [0, 0.05) is 30.3 Å². The van der Waals surface area contributed by atoms with Gasteiger partial charge in [0.25, 0.3) is 5.91 Å². The Morgan fingerprint density at radius 2 is 1.76 bits per heavy atom. The maximum atomic E-state index is 12.2. The van der Waals surface area contributed by atoms with Gasteiger partial charge in [0.05, 0.1) is 6.20 Å². The number of carbonyl (C=O) groups excluding carboxylic acids is 2. The van der Waals surface area contributed by atoms with Gasteiger partial charge in [-0.2, -0.15) is 5.10 Å². The number of nitrogens with zero attached hydrogens (tertiary/aromatic N) is 2. The van der Waals surface area contributed by atoms with Crippen molar-refractivity contribution in [1.82, 2.24) is 20.6 Å². The van der Waals surface area contributed by atoms with E-state index in [4.69, 9.17) is 16.3 Å². The molecule has 150 valence electrons. The Balaban J connectivity index is 1.42. The normalized spacial score (nSPS) is 10.4. The average molecular weight is 413 g/mol. The molecule has 0 aliphatic carbocycles.